The molecule has 2 aliphatic rings. The highest BCUT2D eigenvalue weighted by Crippen LogP contribution is 2.31. The Morgan fingerprint density at radius 1 is 1.04 bits per heavy atom. The van der Waals surface area contributed by atoms with Crippen molar-refractivity contribution in [2.75, 3.05) is 37.6 Å². The van der Waals surface area contributed by atoms with E-state index in [0.717, 1.165) is 48.9 Å². The average molecular weight is 371 g/mol. The third-order valence-corrected chi connectivity index (χ3v) is 5.13. The van der Waals surface area contributed by atoms with Crippen molar-refractivity contribution in [3.05, 3.63) is 76.7 Å². The summed E-state index contributed by atoms with van der Waals surface area (Å²) >= 11 is 6.10. The fraction of sp³-hybridized carbons (Fsp3) is 0.300. The first kappa shape index (κ1) is 17.2. The molecule has 0 aliphatic carbocycles. The normalized spacial score (nSPS) is 20.5. The molecule has 0 spiro atoms. The molecule has 2 heterocycles. The van der Waals surface area contributed by atoms with Gasteiger partial charge in [0.25, 0.3) is 0 Å². The Morgan fingerprint density at radius 3 is 2.54 bits per heavy atom. The van der Waals surface area contributed by atoms with Crippen LogP contribution in [-0.2, 0) is 0 Å². The van der Waals surface area contributed by atoms with Crippen LogP contribution in [0.3, 0.4) is 0 Å². The monoisotopic (exact) mass is 370 g/mol. The van der Waals surface area contributed by atoms with E-state index in [4.69, 9.17) is 11.6 Å². The lowest BCUT2D eigenvalue weighted by molar-refractivity contribution is 0.275. The van der Waals surface area contributed by atoms with Crippen molar-refractivity contribution in [3.63, 3.8) is 0 Å². The second kappa shape index (κ2) is 7.56. The SMILES string of the molecule is Fc1ccc(C2N=NC=C2CN2CCN(c3cccc(Cl)c3)CC2)cc1. The molecule has 1 atom stereocenters. The molecule has 4 nitrogen and oxygen atoms in total. The molecular formula is C20H20ClFN4. The molecular weight excluding hydrogens is 351 g/mol. The standard InChI is InChI=1S/C20H20ClFN4/c21-17-2-1-3-19(12-17)26-10-8-25(9-11-26)14-16-13-23-24-20(16)15-4-6-18(22)7-5-15/h1-7,12-13,20H,8-11,14H2. The molecule has 0 saturated carbocycles. The van der Waals surface area contributed by atoms with Crippen molar-refractivity contribution >= 4 is 17.3 Å². The summed E-state index contributed by atoms with van der Waals surface area (Å²) < 4.78 is 13.2. The van der Waals surface area contributed by atoms with Gasteiger partial charge in [-0.25, -0.2) is 4.39 Å². The highest BCUT2D eigenvalue weighted by Gasteiger charge is 2.24. The minimum Gasteiger partial charge on any atom is -0.369 e. The van der Waals surface area contributed by atoms with Gasteiger partial charge in [0.1, 0.15) is 11.9 Å². The van der Waals surface area contributed by atoms with E-state index in [9.17, 15) is 4.39 Å². The molecule has 26 heavy (non-hydrogen) atoms. The number of halogens is 2. The van der Waals surface area contributed by atoms with Crippen molar-refractivity contribution < 1.29 is 4.39 Å². The zero-order chi connectivity index (χ0) is 17.9. The Kier molecular flexibility index (Phi) is 5.00. The topological polar surface area (TPSA) is 31.2 Å². The van der Waals surface area contributed by atoms with Gasteiger partial charge >= 0.3 is 0 Å². The third-order valence-electron chi connectivity index (χ3n) is 4.89. The zero-order valence-electron chi connectivity index (χ0n) is 14.4. The summed E-state index contributed by atoms with van der Waals surface area (Å²) in [5.74, 6) is -0.230. The van der Waals surface area contributed by atoms with Crippen LogP contribution >= 0.6 is 11.6 Å². The molecule has 6 heteroatoms. The first-order valence-electron chi connectivity index (χ1n) is 8.76. The first-order valence-corrected chi connectivity index (χ1v) is 9.14. The largest absolute Gasteiger partial charge is 0.369 e. The molecule has 4 rings (SSSR count). The molecule has 0 aromatic heterocycles. The molecule has 1 unspecified atom stereocenters. The maximum Gasteiger partial charge on any atom is 0.123 e. The van der Waals surface area contributed by atoms with E-state index in [1.807, 2.05) is 24.4 Å². The second-order valence-corrected chi connectivity index (χ2v) is 7.07. The van der Waals surface area contributed by atoms with Crippen LogP contribution < -0.4 is 4.90 Å². The van der Waals surface area contributed by atoms with Gasteiger partial charge in [0.15, 0.2) is 0 Å². The molecule has 0 bridgehead atoms. The predicted octanol–water partition coefficient (Wildman–Crippen LogP) is 4.69. The van der Waals surface area contributed by atoms with Gasteiger partial charge in [-0.3, -0.25) is 4.90 Å². The Balaban J connectivity index is 1.36. The number of hydrogen-bond donors (Lipinski definition) is 0. The van der Waals surface area contributed by atoms with Gasteiger partial charge in [-0.1, -0.05) is 29.8 Å². The molecule has 1 saturated heterocycles. The number of nitrogens with zero attached hydrogens (tertiary/aromatic N) is 4. The van der Waals surface area contributed by atoms with Crippen molar-refractivity contribution in [1.29, 1.82) is 0 Å². The van der Waals surface area contributed by atoms with Crippen LogP contribution in [0.5, 0.6) is 0 Å². The van der Waals surface area contributed by atoms with E-state index < -0.39 is 0 Å². The highest BCUT2D eigenvalue weighted by atomic mass is 35.5. The molecule has 0 amide bonds. The minimum absolute atomic E-state index is 0.0958. The van der Waals surface area contributed by atoms with E-state index in [1.54, 1.807) is 12.1 Å². The minimum atomic E-state index is -0.230. The molecule has 134 valence electrons. The number of piperazine rings is 1. The Morgan fingerprint density at radius 2 is 1.81 bits per heavy atom. The molecule has 0 radical (unpaired) electrons. The van der Waals surface area contributed by atoms with Crippen LogP contribution in [-0.4, -0.2) is 37.6 Å². The Labute approximate surface area is 157 Å². The van der Waals surface area contributed by atoms with Gasteiger partial charge < -0.3 is 4.90 Å². The van der Waals surface area contributed by atoms with E-state index in [0.29, 0.717) is 0 Å². The first-order chi connectivity index (χ1) is 12.7. The lowest BCUT2D eigenvalue weighted by Gasteiger charge is -2.36. The van der Waals surface area contributed by atoms with Crippen molar-refractivity contribution in [2.24, 2.45) is 10.2 Å². The maximum atomic E-state index is 13.2. The molecule has 1 fully saturated rings. The van der Waals surface area contributed by atoms with Crippen molar-refractivity contribution in [3.8, 4) is 0 Å². The quantitative estimate of drug-likeness (QED) is 0.781. The van der Waals surface area contributed by atoms with Gasteiger partial charge in [0.05, 0.1) is 6.20 Å². The Hall–Kier alpha value is -2.24. The summed E-state index contributed by atoms with van der Waals surface area (Å²) in [6, 6.07) is 14.4. The zero-order valence-corrected chi connectivity index (χ0v) is 15.1. The number of rotatable bonds is 4. The fourth-order valence-electron chi connectivity index (χ4n) is 3.47. The average Bonchev–Trinajstić information content (AvgIpc) is 3.11. The summed E-state index contributed by atoms with van der Waals surface area (Å²) in [4.78, 5) is 4.78. The molecule has 2 aromatic carbocycles. The van der Waals surface area contributed by atoms with Crippen molar-refractivity contribution in [2.45, 2.75) is 6.04 Å². The highest BCUT2D eigenvalue weighted by molar-refractivity contribution is 6.30. The van der Waals surface area contributed by atoms with Crippen LogP contribution in [0.2, 0.25) is 5.02 Å². The van der Waals surface area contributed by atoms with Gasteiger partial charge in [0.2, 0.25) is 0 Å². The van der Waals surface area contributed by atoms with Gasteiger partial charge in [-0.2, -0.15) is 10.2 Å². The summed E-state index contributed by atoms with van der Waals surface area (Å²) in [6.07, 6.45) is 1.84. The summed E-state index contributed by atoms with van der Waals surface area (Å²) in [7, 11) is 0. The van der Waals surface area contributed by atoms with E-state index in [1.165, 1.54) is 17.8 Å². The van der Waals surface area contributed by atoms with Gasteiger partial charge in [-0.15, -0.1) is 0 Å². The summed E-state index contributed by atoms with van der Waals surface area (Å²) in [6.45, 7) is 4.70. The van der Waals surface area contributed by atoms with Crippen molar-refractivity contribution in [1.82, 2.24) is 4.90 Å². The fourth-order valence-corrected chi connectivity index (χ4v) is 3.65. The van der Waals surface area contributed by atoms with E-state index >= 15 is 0 Å². The number of anilines is 1. The van der Waals surface area contributed by atoms with E-state index in [-0.39, 0.29) is 11.9 Å². The van der Waals surface area contributed by atoms with Crippen LogP contribution in [0.25, 0.3) is 0 Å². The number of azo groups is 1. The van der Waals surface area contributed by atoms with Gasteiger partial charge in [0, 0.05) is 43.4 Å². The molecule has 2 aliphatic heterocycles. The van der Waals surface area contributed by atoms with E-state index in [2.05, 4.69) is 26.1 Å². The maximum absolute atomic E-state index is 13.2. The van der Waals surface area contributed by atoms with Crippen LogP contribution in [0.1, 0.15) is 11.6 Å². The van der Waals surface area contributed by atoms with Crippen LogP contribution in [0, 0.1) is 5.82 Å². The molecule has 0 N–H and O–H groups in total. The van der Waals surface area contributed by atoms with Gasteiger partial charge in [-0.05, 0) is 41.5 Å². The second-order valence-electron chi connectivity index (χ2n) is 6.63. The van der Waals surface area contributed by atoms with Crippen LogP contribution in [0.15, 0.2) is 70.5 Å². The predicted molar refractivity (Wildman–Crippen MR) is 102 cm³/mol. The lowest BCUT2D eigenvalue weighted by Crippen LogP contribution is -2.47. The third kappa shape index (κ3) is 3.79. The summed E-state index contributed by atoms with van der Waals surface area (Å²) in [5, 5.41) is 9.18. The Bertz CT molecular complexity index is 826. The smallest absolute Gasteiger partial charge is 0.123 e. The molecule has 2 aromatic rings. The van der Waals surface area contributed by atoms with Crippen LogP contribution in [0.4, 0.5) is 10.1 Å². The lowest BCUT2D eigenvalue weighted by atomic mass is 10.00. The number of hydrogen-bond acceptors (Lipinski definition) is 4. The number of benzene rings is 2. The summed E-state index contributed by atoms with van der Waals surface area (Å²) in [5.41, 5.74) is 3.32.